The summed E-state index contributed by atoms with van der Waals surface area (Å²) in [5.74, 6) is -0.491. The highest BCUT2D eigenvalue weighted by atomic mass is 16.6. The second kappa shape index (κ2) is 8.95. The number of hydrogen-bond acceptors (Lipinski definition) is 5. The number of cyclic esters (lactones) is 1. The summed E-state index contributed by atoms with van der Waals surface area (Å²) in [7, 11) is 0. The van der Waals surface area contributed by atoms with Gasteiger partial charge in [-0.3, -0.25) is 9.69 Å². The van der Waals surface area contributed by atoms with Crippen LogP contribution >= 0.6 is 0 Å². The number of para-hydroxylation sites is 1. The maximum atomic E-state index is 12.5. The van der Waals surface area contributed by atoms with Gasteiger partial charge in [0.1, 0.15) is 17.7 Å². The molecule has 1 saturated heterocycles. The lowest BCUT2D eigenvalue weighted by Crippen LogP contribution is -2.52. The molecular formula is C20H29N3O5. The van der Waals surface area contributed by atoms with Crippen LogP contribution in [0, 0.1) is 5.92 Å². The van der Waals surface area contributed by atoms with Crippen LogP contribution in [0.15, 0.2) is 30.3 Å². The highest BCUT2D eigenvalue weighted by molar-refractivity contribution is 5.90. The van der Waals surface area contributed by atoms with Crippen LogP contribution in [0.4, 0.5) is 15.3 Å². The van der Waals surface area contributed by atoms with E-state index in [1.54, 1.807) is 20.8 Å². The van der Waals surface area contributed by atoms with Crippen molar-refractivity contribution >= 4 is 23.8 Å². The van der Waals surface area contributed by atoms with E-state index >= 15 is 0 Å². The largest absolute Gasteiger partial charge is 0.444 e. The molecule has 0 saturated carbocycles. The number of amides is 3. The number of nitrogens with zero attached hydrogens (tertiary/aromatic N) is 1. The SMILES string of the molecule is CC(C)C(NC(=O)OC(C)(C)C)C(=O)NCC1CN(c2ccccc2)C(=O)O1. The van der Waals surface area contributed by atoms with Crippen LogP contribution in [0.2, 0.25) is 0 Å². The molecule has 2 unspecified atom stereocenters. The van der Waals surface area contributed by atoms with Gasteiger partial charge in [-0.05, 0) is 38.8 Å². The second-order valence-corrected chi connectivity index (χ2v) is 8.06. The fraction of sp³-hybridized carbons (Fsp3) is 0.550. The van der Waals surface area contributed by atoms with Crippen LogP contribution < -0.4 is 15.5 Å². The molecule has 0 aromatic heterocycles. The normalized spacial score (nSPS) is 17.9. The van der Waals surface area contributed by atoms with Crippen molar-refractivity contribution in [2.45, 2.75) is 52.4 Å². The molecule has 1 aliphatic heterocycles. The zero-order chi connectivity index (χ0) is 20.9. The maximum Gasteiger partial charge on any atom is 0.414 e. The summed E-state index contributed by atoms with van der Waals surface area (Å²) in [6.45, 7) is 9.42. The fourth-order valence-electron chi connectivity index (χ4n) is 2.74. The van der Waals surface area contributed by atoms with Crippen LogP contribution in [0.1, 0.15) is 34.6 Å². The van der Waals surface area contributed by atoms with E-state index in [2.05, 4.69) is 10.6 Å². The molecule has 0 radical (unpaired) electrons. The molecule has 1 aromatic carbocycles. The molecule has 2 rings (SSSR count). The first-order chi connectivity index (χ1) is 13.1. The van der Waals surface area contributed by atoms with Crippen LogP contribution in [0.3, 0.4) is 0 Å². The number of alkyl carbamates (subject to hydrolysis) is 1. The Morgan fingerprint density at radius 2 is 1.89 bits per heavy atom. The van der Waals surface area contributed by atoms with Gasteiger partial charge < -0.3 is 20.1 Å². The Balaban J connectivity index is 1.89. The molecule has 8 nitrogen and oxygen atoms in total. The zero-order valence-corrected chi connectivity index (χ0v) is 17.0. The van der Waals surface area contributed by atoms with Crippen molar-refractivity contribution in [1.29, 1.82) is 0 Å². The topological polar surface area (TPSA) is 97.0 Å². The molecule has 1 aromatic rings. The minimum atomic E-state index is -0.753. The van der Waals surface area contributed by atoms with Crippen LogP contribution in [-0.4, -0.2) is 48.9 Å². The van der Waals surface area contributed by atoms with Crippen molar-refractivity contribution in [2.24, 2.45) is 5.92 Å². The highest BCUT2D eigenvalue weighted by Gasteiger charge is 2.33. The zero-order valence-electron chi connectivity index (χ0n) is 17.0. The molecule has 0 aliphatic carbocycles. The molecule has 3 amide bonds. The molecule has 2 N–H and O–H groups in total. The molecule has 1 fully saturated rings. The number of ether oxygens (including phenoxy) is 2. The van der Waals surface area contributed by atoms with Gasteiger partial charge >= 0.3 is 12.2 Å². The fourth-order valence-corrected chi connectivity index (χ4v) is 2.74. The predicted molar refractivity (Wildman–Crippen MR) is 105 cm³/mol. The van der Waals surface area contributed by atoms with Crippen molar-refractivity contribution < 1.29 is 23.9 Å². The minimum Gasteiger partial charge on any atom is -0.444 e. The number of carbonyl (C=O) groups excluding carboxylic acids is 3. The summed E-state index contributed by atoms with van der Waals surface area (Å²) in [4.78, 5) is 38.1. The van der Waals surface area contributed by atoms with Crippen molar-refractivity contribution in [3.05, 3.63) is 30.3 Å². The Hall–Kier alpha value is -2.77. The van der Waals surface area contributed by atoms with E-state index in [4.69, 9.17) is 9.47 Å². The third-order valence-electron chi connectivity index (χ3n) is 4.07. The summed E-state index contributed by atoms with van der Waals surface area (Å²) in [6, 6.07) is 8.44. The van der Waals surface area contributed by atoms with Crippen molar-refractivity contribution in [2.75, 3.05) is 18.0 Å². The van der Waals surface area contributed by atoms with Crippen LogP contribution in [-0.2, 0) is 14.3 Å². The molecule has 154 valence electrons. The van der Waals surface area contributed by atoms with Gasteiger partial charge in [0, 0.05) is 5.69 Å². The van der Waals surface area contributed by atoms with Crippen molar-refractivity contribution in [3.8, 4) is 0 Å². The van der Waals surface area contributed by atoms with E-state index in [-0.39, 0.29) is 18.4 Å². The molecular weight excluding hydrogens is 362 g/mol. The highest BCUT2D eigenvalue weighted by Crippen LogP contribution is 2.20. The summed E-state index contributed by atoms with van der Waals surface area (Å²) in [6.07, 6.45) is -1.56. The Kier molecular flexibility index (Phi) is 6.88. The van der Waals surface area contributed by atoms with Crippen LogP contribution in [0.5, 0.6) is 0 Å². The maximum absolute atomic E-state index is 12.5. The molecule has 8 heteroatoms. The van der Waals surface area contributed by atoms with Crippen molar-refractivity contribution in [1.82, 2.24) is 10.6 Å². The first-order valence-electron chi connectivity index (χ1n) is 9.37. The van der Waals surface area contributed by atoms with Crippen LogP contribution in [0.25, 0.3) is 0 Å². The number of nitrogens with one attached hydrogen (secondary N) is 2. The number of rotatable bonds is 6. The Morgan fingerprint density at radius 1 is 1.25 bits per heavy atom. The number of benzene rings is 1. The summed E-state index contributed by atoms with van der Waals surface area (Å²) < 4.78 is 10.5. The average molecular weight is 391 g/mol. The molecule has 0 bridgehead atoms. The van der Waals surface area contributed by atoms with E-state index in [1.807, 2.05) is 44.2 Å². The predicted octanol–water partition coefficient (Wildman–Crippen LogP) is 2.68. The van der Waals surface area contributed by atoms with E-state index in [9.17, 15) is 14.4 Å². The van der Waals surface area contributed by atoms with Gasteiger partial charge in [0.2, 0.25) is 5.91 Å². The van der Waals surface area contributed by atoms with Gasteiger partial charge in [0.05, 0.1) is 13.1 Å². The molecule has 0 spiro atoms. The second-order valence-electron chi connectivity index (χ2n) is 8.06. The standard InChI is InChI=1S/C20H29N3O5/c1-13(2)16(22-18(25)28-20(3,4)5)17(24)21-11-15-12-23(19(26)27-15)14-9-7-6-8-10-14/h6-10,13,15-16H,11-12H2,1-5H3,(H,21,24)(H,22,25). The molecule has 28 heavy (non-hydrogen) atoms. The summed E-state index contributed by atoms with van der Waals surface area (Å²) in [5, 5.41) is 5.35. The van der Waals surface area contributed by atoms with Gasteiger partial charge in [-0.15, -0.1) is 0 Å². The van der Waals surface area contributed by atoms with Gasteiger partial charge in [-0.2, -0.15) is 0 Å². The quantitative estimate of drug-likeness (QED) is 0.777. The molecule has 1 heterocycles. The number of anilines is 1. The van der Waals surface area contributed by atoms with Gasteiger partial charge in [0.25, 0.3) is 0 Å². The van der Waals surface area contributed by atoms with Crippen molar-refractivity contribution in [3.63, 3.8) is 0 Å². The smallest absolute Gasteiger partial charge is 0.414 e. The molecule has 1 aliphatic rings. The first kappa shape index (κ1) is 21.5. The Morgan fingerprint density at radius 3 is 2.46 bits per heavy atom. The van der Waals surface area contributed by atoms with E-state index < -0.39 is 29.9 Å². The Bertz CT molecular complexity index is 700. The molecule has 2 atom stereocenters. The number of hydrogen-bond donors (Lipinski definition) is 2. The third-order valence-corrected chi connectivity index (χ3v) is 4.07. The van der Waals surface area contributed by atoms with E-state index in [1.165, 1.54) is 4.90 Å². The van der Waals surface area contributed by atoms with E-state index in [0.717, 1.165) is 5.69 Å². The first-order valence-corrected chi connectivity index (χ1v) is 9.37. The Labute approximate surface area is 165 Å². The minimum absolute atomic E-state index is 0.139. The summed E-state index contributed by atoms with van der Waals surface area (Å²) >= 11 is 0. The van der Waals surface area contributed by atoms with Gasteiger partial charge in [-0.25, -0.2) is 9.59 Å². The third kappa shape index (κ3) is 6.14. The average Bonchev–Trinajstić information content (AvgIpc) is 2.97. The lowest BCUT2D eigenvalue weighted by Gasteiger charge is -2.25. The summed E-state index contributed by atoms with van der Waals surface area (Å²) in [5.41, 5.74) is 0.0917. The lowest BCUT2D eigenvalue weighted by atomic mass is 10.0. The number of carbonyl (C=O) groups is 3. The van der Waals surface area contributed by atoms with Gasteiger partial charge in [0.15, 0.2) is 0 Å². The van der Waals surface area contributed by atoms with E-state index in [0.29, 0.717) is 6.54 Å². The van der Waals surface area contributed by atoms with Gasteiger partial charge in [-0.1, -0.05) is 32.0 Å². The monoisotopic (exact) mass is 391 g/mol. The lowest BCUT2D eigenvalue weighted by molar-refractivity contribution is -0.124.